The Morgan fingerprint density at radius 1 is 1.40 bits per heavy atom. The van der Waals surface area contributed by atoms with Crippen molar-refractivity contribution in [3.05, 3.63) is 40.0 Å². The first-order chi connectivity index (χ1) is 9.72. The number of nitrogens with one attached hydrogen (secondary N) is 1. The van der Waals surface area contributed by atoms with E-state index >= 15 is 0 Å². The minimum atomic E-state index is 0.778. The number of likely N-dealkylation sites (N-methyl/N-ethyl adjacent to an activating group) is 1. The quantitative estimate of drug-likeness (QED) is 0.941. The molecule has 0 saturated heterocycles. The first-order valence-electron chi connectivity index (χ1n) is 7.19. The third-order valence-electron chi connectivity index (χ3n) is 4.10. The predicted octanol–water partition coefficient (Wildman–Crippen LogP) is 2.99. The van der Waals surface area contributed by atoms with Gasteiger partial charge in [0.15, 0.2) is 0 Å². The zero-order valence-electron chi connectivity index (χ0n) is 12.0. The fourth-order valence-corrected chi connectivity index (χ4v) is 3.18. The van der Waals surface area contributed by atoms with Crippen LogP contribution in [0.1, 0.15) is 23.7 Å². The number of fused-ring (bicyclic) bond motifs is 2. The van der Waals surface area contributed by atoms with Crippen molar-refractivity contribution in [2.45, 2.75) is 26.4 Å². The normalized spacial score (nSPS) is 15.6. The maximum absolute atomic E-state index is 6.17. The van der Waals surface area contributed by atoms with E-state index in [4.69, 9.17) is 16.6 Å². The van der Waals surface area contributed by atoms with E-state index in [-0.39, 0.29) is 0 Å². The van der Waals surface area contributed by atoms with E-state index in [1.165, 1.54) is 22.2 Å². The van der Waals surface area contributed by atoms with Crippen LogP contribution in [0.4, 0.5) is 0 Å². The molecule has 0 aliphatic carbocycles. The lowest BCUT2D eigenvalue weighted by molar-refractivity contribution is 0.265. The zero-order valence-corrected chi connectivity index (χ0v) is 12.8. The van der Waals surface area contributed by atoms with Crippen LogP contribution in [0.15, 0.2) is 18.2 Å². The molecule has 20 heavy (non-hydrogen) atoms. The molecular weight excluding hydrogens is 270 g/mol. The van der Waals surface area contributed by atoms with Gasteiger partial charge in [-0.05, 0) is 42.9 Å². The number of benzene rings is 1. The molecule has 4 heteroatoms. The molecule has 1 aliphatic heterocycles. The van der Waals surface area contributed by atoms with E-state index in [0.717, 1.165) is 43.1 Å². The second kappa shape index (κ2) is 5.68. The average Bonchev–Trinajstić information content (AvgIpc) is 2.47. The van der Waals surface area contributed by atoms with Gasteiger partial charge in [-0.2, -0.15) is 0 Å². The molecule has 0 saturated carbocycles. The third-order valence-corrected chi connectivity index (χ3v) is 4.33. The third kappa shape index (κ3) is 2.41. The van der Waals surface area contributed by atoms with Gasteiger partial charge in [-0.1, -0.05) is 18.5 Å². The molecule has 2 heterocycles. The summed E-state index contributed by atoms with van der Waals surface area (Å²) in [7, 11) is 1.99. The highest BCUT2D eigenvalue weighted by Gasteiger charge is 2.21. The maximum atomic E-state index is 6.17. The van der Waals surface area contributed by atoms with Gasteiger partial charge in [0, 0.05) is 42.2 Å². The standard InChI is InChI=1S/C16H20ClN3/c1-3-20-7-6-16-14(10-20)13(9-18-2)12-8-11(17)4-5-15(12)19-16/h4-5,8,18H,3,6-7,9-10H2,1-2H3. The molecule has 1 aliphatic rings. The molecule has 0 radical (unpaired) electrons. The number of aromatic nitrogens is 1. The molecule has 1 aromatic carbocycles. The number of halogens is 1. The van der Waals surface area contributed by atoms with Crippen molar-refractivity contribution in [3.8, 4) is 0 Å². The molecule has 3 nitrogen and oxygen atoms in total. The van der Waals surface area contributed by atoms with E-state index in [2.05, 4.69) is 17.1 Å². The molecule has 2 aromatic rings. The fourth-order valence-electron chi connectivity index (χ4n) is 3.01. The maximum Gasteiger partial charge on any atom is 0.0709 e. The number of pyridine rings is 1. The SMILES string of the molecule is CCN1CCc2nc3ccc(Cl)cc3c(CNC)c2C1. The lowest BCUT2D eigenvalue weighted by atomic mass is 9.95. The molecule has 106 valence electrons. The highest BCUT2D eigenvalue weighted by molar-refractivity contribution is 6.31. The van der Waals surface area contributed by atoms with Crippen molar-refractivity contribution in [2.75, 3.05) is 20.1 Å². The van der Waals surface area contributed by atoms with Crippen molar-refractivity contribution in [1.82, 2.24) is 15.2 Å². The van der Waals surface area contributed by atoms with E-state index in [0.29, 0.717) is 0 Å². The molecule has 3 rings (SSSR count). The van der Waals surface area contributed by atoms with Crippen LogP contribution in [0, 0.1) is 0 Å². The smallest absolute Gasteiger partial charge is 0.0709 e. The Morgan fingerprint density at radius 2 is 2.25 bits per heavy atom. The summed E-state index contributed by atoms with van der Waals surface area (Å²) in [6.07, 6.45) is 1.04. The summed E-state index contributed by atoms with van der Waals surface area (Å²) >= 11 is 6.17. The predicted molar refractivity (Wildman–Crippen MR) is 84.2 cm³/mol. The van der Waals surface area contributed by atoms with E-state index in [1.54, 1.807) is 0 Å². The van der Waals surface area contributed by atoms with Gasteiger partial charge in [0.25, 0.3) is 0 Å². The van der Waals surface area contributed by atoms with Crippen LogP contribution in [0.25, 0.3) is 10.9 Å². The summed E-state index contributed by atoms with van der Waals surface area (Å²) in [6, 6.07) is 6.00. The lowest BCUT2D eigenvalue weighted by Crippen LogP contribution is -2.32. The van der Waals surface area contributed by atoms with Gasteiger partial charge in [-0.3, -0.25) is 9.88 Å². The number of hydrogen-bond donors (Lipinski definition) is 1. The van der Waals surface area contributed by atoms with Crippen molar-refractivity contribution in [2.24, 2.45) is 0 Å². The first kappa shape index (κ1) is 13.8. The Balaban J connectivity index is 2.21. The van der Waals surface area contributed by atoms with E-state index < -0.39 is 0 Å². The number of hydrogen-bond acceptors (Lipinski definition) is 3. The van der Waals surface area contributed by atoms with Gasteiger partial charge in [0.2, 0.25) is 0 Å². The Bertz CT molecular complexity index is 639. The van der Waals surface area contributed by atoms with Crippen LogP contribution in [-0.2, 0) is 19.5 Å². The molecule has 0 spiro atoms. The number of rotatable bonds is 3. The minimum absolute atomic E-state index is 0.778. The molecule has 0 fully saturated rings. The van der Waals surface area contributed by atoms with Gasteiger partial charge in [0.05, 0.1) is 5.52 Å². The van der Waals surface area contributed by atoms with Crippen LogP contribution >= 0.6 is 11.6 Å². The fraction of sp³-hybridized carbons (Fsp3) is 0.438. The Morgan fingerprint density at radius 3 is 3.00 bits per heavy atom. The summed E-state index contributed by atoms with van der Waals surface area (Å²) in [5.74, 6) is 0. The highest BCUT2D eigenvalue weighted by atomic mass is 35.5. The van der Waals surface area contributed by atoms with Crippen LogP contribution in [0.2, 0.25) is 5.02 Å². The average molecular weight is 290 g/mol. The Labute approximate surface area is 124 Å². The van der Waals surface area contributed by atoms with Crippen molar-refractivity contribution >= 4 is 22.5 Å². The topological polar surface area (TPSA) is 28.2 Å². The van der Waals surface area contributed by atoms with Crippen LogP contribution in [-0.4, -0.2) is 30.0 Å². The molecule has 0 amide bonds. The van der Waals surface area contributed by atoms with Crippen molar-refractivity contribution in [1.29, 1.82) is 0 Å². The molecule has 1 aromatic heterocycles. The largest absolute Gasteiger partial charge is 0.316 e. The van der Waals surface area contributed by atoms with E-state index in [9.17, 15) is 0 Å². The monoisotopic (exact) mass is 289 g/mol. The van der Waals surface area contributed by atoms with Gasteiger partial charge in [-0.15, -0.1) is 0 Å². The molecular formula is C16H20ClN3. The molecule has 1 N–H and O–H groups in total. The number of nitrogens with zero attached hydrogens (tertiary/aromatic N) is 2. The summed E-state index contributed by atoms with van der Waals surface area (Å²) in [4.78, 5) is 7.33. The highest BCUT2D eigenvalue weighted by Crippen LogP contribution is 2.29. The molecule has 0 atom stereocenters. The summed E-state index contributed by atoms with van der Waals surface area (Å²) in [5.41, 5.74) is 5.06. The van der Waals surface area contributed by atoms with E-state index in [1.807, 2.05) is 25.2 Å². The lowest BCUT2D eigenvalue weighted by Gasteiger charge is -2.29. The van der Waals surface area contributed by atoms with Crippen LogP contribution in [0.5, 0.6) is 0 Å². The van der Waals surface area contributed by atoms with Crippen molar-refractivity contribution < 1.29 is 0 Å². The van der Waals surface area contributed by atoms with Crippen LogP contribution < -0.4 is 5.32 Å². The second-order valence-electron chi connectivity index (χ2n) is 5.33. The Hall–Kier alpha value is -1.16. The zero-order chi connectivity index (χ0) is 14.1. The first-order valence-corrected chi connectivity index (χ1v) is 7.57. The van der Waals surface area contributed by atoms with Gasteiger partial charge in [0.1, 0.15) is 0 Å². The van der Waals surface area contributed by atoms with Gasteiger partial charge >= 0.3 is 0 Å². The second-order valence-corrected chi connectivity index (χ2v) is 5.76. The summed E-state index contributed by atoms with van der Waals surface area (Å²) < 4.78 is 0. The minimum Gasteiger partial charge on any atom is -0.316 e. The van der Waals surface area contributed by atoms with Gasteiger partial charge < -0.3 is 5.32 Å². The Kier molecular flexibility index (Phi) is 3.92. The van der Waals surface area contributed by atoms with Gasteiger partial charge in [-0.25, -0.2) is 0 Å². The summed E-state index contributed by atoms with van der Waals surface area (Å²) in [5, 5.41) is 5.25. The molecule has 0 bridgehead atoms. The van der Waals surface area contributed by atoms with Crippen LogP contribution in [0.3, 0.4) is 0 Å². The summed E-state index contributed by atoms with van der Waals surface area (Å²) in [6.45, 7) is 6.27. The molecule has 0 unspecified atom stereocenters. The van der Waals surface area contributed by atoms with Crippen molar-refractivity contribution in [3.63, 3.8) is 0 Å².